The van der Waals surface area contributed by atoms with Gasteiger partial charge in [-0.05, 0) is 89.7 Å². The predicted molar refractivity (Wildman–Crippen MR) is 166 cm³/mol. The second-order valence-corrected chi connectivity index (χ2v) is 21.4. The number of rotatable bonds is 8. The van der Waals surface area contributed by atoms with Crippen molar-refractivity contribution in [1.82, 2.24) is 0 Å². The zero-order valence-corrected chi connectivity index (χ0v) is 28.4. The van der Waals surface area contributed by atoms with E-state index in [4.69, 9.17) is 9.16 Å². The number of allylic oxidation sites excluding steroid dienone is 3. The van der Waals surface area contributed by atoms with Gasteiger partial charge in [0.15, 0.2) is 8.32 Å². The van der Waals surface area contributed by atoms with Crippen LogP contribution in [0, 0.1) is 39.9 Å². The summed E-state index contributed by atoms with van der Waals surface area (Å²) in [5.74, 6) is 2.50. The molecular formula is C35H60O3Si. The fraction of sp³-hybridized carbons (Fsp3) is 0.857. The molecule has 3 fully saturated rings. The fourth-order valence-corrected chi connectivity index (χ4v) is 16.5. The van der Waals surface area contributed by atoms with E-state index in [2.05, 4.69) is 88.3 Å². The molecule has 4 aliphatic carbocycles. The van der Waals surface area contributed by atoms with Gasteiger partial charge in [0.2, 0.25) is 0 Å². The van der Waals surface area contributed by atoms with Crippen LogP contribution >= 0.6 is 0 Å². The third-order valence-electron chi connectivity index (χ3n) is 12.7. The smallest absolute Gasteiger partial charge is 0.302 e. The monoisotopic (exact) mass is 556 g/mol. The number of hydrogen-bond acceptors (Lipinski definition) is 3. The standard InChI is InChI=1S/C35H60O3Si/c1-22(2)39(23(3)4,24(5)6)37-21-25(7)28-14-15-29-27-13-16-31-33(9,10)32(38-26(8)36)18-20-35(31,12)30(27)17-19-34(28,29)11/h13,16,22-25,28-30,32H,14-15,17-21H2,1-12H3/t25-,28-,29?,30?,32+,34-,35-/m1/s1. The van der Waals surface area contributed by atoms with Gasteiger partial charge in [-0.3, -0.25) is 4.79 Å². The Morgan fingerprint density at radius 2 is 1.49 bits per heavy atom. The van der Waals surface area contributed by atoms with Crippen LogP contribution in [-0.2, 0) is 14.0 Å². The van der Waals surface area contributed by atoms with Gasteiger partial charge in [0.25, 0.3) is 0 Å². The van der Waals surface area contributed by atoms with Gasteiger partial charge >= 0.3 is 5.97 Å². The van der Waals surface area contributed by atoms with E-state index in [0.29, 0.717) is 39.8 Å². The fourth-order valence-electron chi connectivity index (χ4n) is 11.0. The second-order valence-electron chi connectivity index (χ2n) is 16.0. The molecule has 0 amide bonds. The third-order valence-corrected chi connectivity index (χ3v) is 18.8. The number of esters is 1. The van der Waals surface area contributed by atoms with Crippen molar-refractivity contribution in [2.45, 2.75) is 144 Å². The molecule has 0 aromatic rings. The van der Waals surface area contributed by atoms with Gasteiger partial charge in [-0.15, -0.1) is 0 Å². The van der Waals surface area contributed by atoms with Crippen LogP contribution in [0.3, 0.4) is 0 Å². The van der Waals surface area contributed by atoms with E-state index in [1.807, 2.05) is 0 Å². The Kier molecular flexibility index (Phi) is 8.57. The number of hydrogen-bond donors (Lipinski definition) is 0. The molecule has 0 N–H and O–H groups in total. The lowest BCUT2D eigenvalue weighted by Crippen LogP contribution is -2.52. The minimum Gasteiger partial charge on any atom is -0.462 e. The van der Waals surface area contributed by atoms with Crippen LogP contribution in [0.1, 0.15) is 122 Å². The maximum absolute atomic E-state index is 11.9. The summed E-state index contributed by atoms with van der Waals surface area (Å²) in [4.78, 5) is 11.9. The molecule has 4 rings (SSSR count). The molecule has 0 aromatic carbocycles. The van der Waals surface area contributed by atoms with Crippen molar-refractivity contribution in [2.24, 2.45) is 39.9 Å². The minimum absolute atomic E-state index is 0.0203. The van der Waals surface area contributed by atoms with E-state index in [1.165, 1.54) is 31.3 Å². The van der Waals surface area contributed by atoms with Crippen molar-refractivity contribution in [1.29, 1.82) is 0 Å². The molecule has 0 heterocycles. The van der Waals surface area contributed by atoms with Gasteiger partial charge in [0, 0.05) is 18.9 Å². The number of ether oxygens (including phenoxy) is 1. The first kappa shape index (κ1) is 31.1. The molecule has 2 unspecified atom stereocenters. The zero-order chi connectivity index (χ0) is 29.1. The van der Waals surface area contributed by atoms with Crippen LogP contribution in [0.5, 0.6) is 0 Å². The van der Waals surface area contributed by atoms with Crippen LogP contribution in [-0.4, -0.2) is 27.0 Å². The third kappa shape index (κ3) is 4.86. The van der Waals surface area contributed by atoms with Crippen LogP contribution < -0.4 is 0 Å². The topological polar surface area (TPSA) is 35.5 Å². The Hall–Kier alpha value is -0.873. The molecule has 0 saturated heterocycles. The van der Waals surface area contributed by atoms with Gasteiger partial charge in [0.1, 0.15) is 6.10 Å². The Labute approximate surface area is 242 Å². The molecule has 0 radical (unpaired) electrons. The molecule has 3 nitrogen and oxygen atoms in total. The van der Waals surface area contributed by atoms with Crippen LogP contribution in [0.15, 0.2) is 23.3 Å². The molecule has 4 aliphatic rings. The lowest BCUT2D eigenvalue weighted by Gasteiger charge is -2.58. The average molecular weight is 557 g/mol. The molecule has 3 saturated carbocycles. The maximum Gasteiger partial charge on any atom is 0.302 e. The lowest BCUT2D eigenvalue weighted by molar-refractivity contribution is -0.155. The van der Waals surface area contributed by atoms with Crippen molar-refractivity contribution in [3.05, 3.63) is 23.3 Å². The van der Waals surface area contributed by atoms with E-state index in [9.17, 15) is 4.79 Å². The molecule has 0 bridgehead atoms. The summed E-state index contributed by atoms with van der Waals surface area (Å²) in [6, 6.07) is 0. The Morgan fingerprint density at radius 3 is 2.05 bits per heavy atom. The molecule has 0 aliphatic heterocycles. The predicted octanol–water partition coefficient (Wildman–Crippen LogP) is 9.88. The number of fused-ring (bicyclic) bond motifs is 5. The zero-order valence-electron chi connectivity index (χ0n) is 27.4. The van der Waals surface area contributed by atoms with Gasteiger partial charge in [-0.2, -0.15) is 0 Å². The molecule has 39 heavy (non-hydrogen) atoms. The highest BCUT2D eigenvalue weighted by atomic mass is 28.4. The second kappa shape index (κ2) is 10.8. The SMILES string of the molecule is CC(=O)O[C@H]1CC[C@@]2(C)C(=CC=C3C2CC[C@@]2(C)C3CC[C@@H]2[C@H](C)CO[Si](C(C)C)(C(C)C)C(C)C)C1(C)C. The summed E-state index contributed by atoms with van der Waals surface area (Å²) in [5.41, 5.74) is 5.60. The first-order valence-electron chi connectivity index (χ1n) is 16.3. The summed E-state index contributed by atoms with van der Waals surface area (Å²) >= 11 is 0. The number of carbonyl (C=O) groups excluding carboxylic acids is 1. The summed E-state index contributed by atoms with van der Waals surface area (Å²) in [6.07, 6.45) is 12.3. The highest BCUT2D eigenvalue weighted by molar-refractivity contribution is 6.77. The molecule has 0 aromatic heterocycles. The van der Waals surface area contributed by atoms with E-state index < -0.39 is 8.32 Å². The van der Waals surface area contributed by atoms with Crippen LogP contribution in [0.4, 0.5) is 0 Å². The van der Waals surface area contributed by atoms with Gasteiger partial charge in [0.05, 0.1) is 0 Å². The maximum atomic E-state index is 11.9. The number of carbonyl (C=O) groups is 1. The summed E-state index contributed by atoms with van der Waals surface area (Å²) in [5, 5.41) is 0. The molecular weight excluding hydrogens is 496 g/mol. The van der Waals surface area contributed by atoms with E-state index >= 15 is 0 Å². The Morgan fingerprint density at radius 1 is 0.872 bits per heavy atom. The highest BCUT2D eigenvalue weighted by Gasteiger charge is 2.60. The first-order valence-corrected chi connectivity index (χ1v) is 18.4. The summed E-state index contributed by atoms with van der Waals surface area (Å²) in [7, 11) is -1.85. The molecule has 7 atom stereocenters. The normalized spacial score (nSPS) is 36.7. The van der Waals surface area contributed by atoms with Crippen molar-refractivity contribution >= 4 is 14.3 Å². The van der Waals surface area contributed by atoms with Crippen molar-refractivity contribution < 1.29 is 14.0 Å². The van der Waals surface area contributed by atoms with E-state index in [0.717, 1.165) is 25.4 Å². The first-order chi connectivity index (χ1) is 18.0. The Bertz CT molecular complexity index is 968. The molecule has 4 heteroatoms. The molecule has 0 spiro atoms. The summed E-state index contributed by atoms with van der Waals surface area (Å²) in [6.45, 7) is 29.2. The quantitative estimate of drug-likeness (QED) is 0.220. The average Bonchev–Trinajstić information content (AvgIpc) is 3.17. The lowest BCUT2D eigenvalue weighted by atomic mass is 9.47. The van der Waals surface area contributed by atoms with Gasteiger partial charge < -0.3 is 9.16 Å². The summed E-state index contributed by atoms with van der Waals surface area (Å²) < 4.78 is 13.0. The largest absolute Gasteiger partial charge is 0.462 e. The van der Waals surface area contributed by atoms with Crippen LogP contribution in [0.2, 0.25) is 16.6 Å². The van der Waals surface area contributed by atoms with Gasteiger partial charge in [-0.1, -0.05) is 99.5 Å². The minimum atomic E-state index is -1.85. The van der Waals surface area contributed by atoms with Crippen molar-refractivity contribution in [3.8, 4) is 0 Å². The highest BCUT2D eigenvalue weighted by Crippen LogP contribution is 2.67. The molecule has 222 valence electrons. The van der Waals surface area contributed by atoms with Gasteiger partial charge in [-0.25, -0.2) is 0 Å². The van der Waals surface area contributed by atoms with E-state index in [1.54, 1.807) is 12.5 Å². The van der Waals surface area contributed by atoms with Crippen molar-refractivity contribution in [3.63, 3.8) is 0 Å². The van der Waals surface area contributed by atoms with Crippen molar-refractivity contribution in [2.75, 3.05) is 6.61 Å². The van der Waals surface area contributed by atoms with Crippen LogP contribution in [0.25, 0.3) is 0 Å². The Balaban J connectivity index is 1.57. The van der Waals surface area contributed by atoms with E-state index in [-0.39, 0.29) is 22.9 Å².